The molecule has 1 aliphatic rings. The lowest BCUT2D eigenvalue weighted by Crippen LogP contribution is -2.43. The molecule has 0 spiro atoms. The maximum Gasteiger partial charge on any atom is 0.224 e. The molecule has 1 aromatic heterocycles. The molecule has 1 saturated heterocycles. The molecular weight excluding hydrogens is 284 g/mol. The lowest BCUT2D eigenvalue weighted by Gasteiger charge is -2.31. The molecule has 0 saturated carbocycles. The van der Waals surface area contributed by atoms with Gasteiger partial charge in [-0.2, -0.15) is 0 Å². The van der Waals surface area contributed by atoms with Crippen LogP contribution in [0.2, 0.25) is 0 Å². The molecule has 5 nitrogen and oxygen atoms in total. The predicted octanol–water partition coefficient (Wildman–Crippen LogP) is 1.38. The van der Waals surface area contributed by atoms with Crippen LogP contribution in [-0.4, -0.2) is 42.0 Å². The second kappa shape index (κ2) is 8.46. The number of rotatable bonds is 7. The smallest absolute Gasteiger partial charge is 0.224 e. The van der Waals surface area contributed by atoms with Crippen molar-refractivity contribution in [3.63, 3.8) is 0 Å². The zero-order chi connectivity index (χ0) is 15.1. The Morgan fingerprint density at radius 3 is 3.24 bits per heavy atom. The highest BCUT2D eigenvalue weighted by molar-refractivity contribution is 7.09. The van der Waals surface area contributed by atoms with Crippen LogP contribution in [0.1, 0.15) is 36.9 Å². The Labute approximate surface area is 130 Å². The summed E-state index contributed by atoms with van der Waals surface area (Å²) in [4.78, 5) is 19.1. The summed E-state index contributed by atoms with van der Waals surface area (Å²) in [6, 6.07) is 0. The highest BCUT2D eigenvalue weighted by Crippen LogP contribution is 2.20. The normalized spacial score (nSPS) is 19.6. The molecule has 2 heterocycles. The van der Waals surface area contributed by atoms with Crippen molar-refractivity contribution in [3.8, 4) is 0 Å². The minimum atomic E-state index is 0.0963. The summed E-state index contributed by atoms with van der Waals surface area (Å²) in [7, 11) is 0. The zero-order valence-electron chi connectivity index (χ0n) is 12.8. The van der Waals surface area contributed by atoms with Crippen LogP contribution in [0.25, 0.3) is 0 Å². The summed E-state index contributed by atoms with van der Waals surface area (Å²) < 4.78 is 0. The molecule has 1 unspecified atom stereocenters. The van der Waals surface area contributed by atoms with Crippen LogP contribution in [-0.2, 0) is 17.8 Å². The molecule has 1 fully saturated rings. The molecule has 3 N–H and O–H groups in total. The number of hydrogen-bond acceptors (Lipinski definition) is 5. The van der Waals surface area contributed by atoms with Crippen molar-refractivity contribution in [3.05, 3.63) is 16.1 Å². The van der Waals surface area contributed by atoms with E-state index in [1.807, 2.05) is 0 Å². The van der Waals surface area contributed by atoms with Crippen LogP contribution in [0.5, 0.6) is 0 Å². The van der Waals surface area contributed by atoms with E-state index in [9.17, 15) is 4.79 Å². The number of nitrogens with one attached hydrogen (secondary N) is 1. The van der Waals surface area contributed by atoms with Gasteiger partial charge in [0.15, 0.2) is 0 Å². The van der Waals surface area contributed by atoms with Gasteiger partial charge < -0.3 is 11.1 Å². The molecule has 21 heavy (non-hydrogen) atoms. The van der Waals surface area contributed by atoms with Crippen molar-refractivity contribution in [2.45, 2.75) is 39.2 Å². The number of aryl methyl sites for hydroxylation is 1. The molecule has 0 radical (unpaired) electrons. The fourth-order valence-corrected chi connectivity index (χ4v) is 3.62. The highest BCUT2D eigenvalue weighted by Gasteiger charge is 2.25. The van der Waals surface area contributed by atoms with Gasteiger partial charge in [-0.25, -0.2) is 4.98 Å². The van der Waals surface area contributed by atoms with Crippen molar-refractivity contribution in [1.29, 1.82) is 0 Å². The molecular formula is C15H26N4OS. The number of nitrogens with zero attached hydrogens (tertiary/aromatic N) is 2. The maximum atomic E-state index is 12.0. The summed E-state index contributed by atoms with van der Waals surface area (Å²) in [6.45, 7) is 6.00. The molecule has 1 amide bonds. The lowest BCUT2D eigenvalue weighted by molar-refractivity contribution is -0.126. The molecule has 0 aliphatic carbocycles. The number of thiazole rings is 1. The molecule has 6 heteroatoms. The van der Waals surface area contributed by atoms with Gasteiger partial charge in [0.1, 0.15) is 0 Å². The van der Waals surface area contributed by atoms with Crippen LogP contribution >= 0.6 is 11.3 Å². The van der Waals surface area contributed by atoms with Gasteiger partial charge in [-0.05, 0) is 32.2 Å². The lowest BCUT2D eigenvalue weighted by atomic mass is 9.97. The summed E-state index contributed by atoms with van der Waals surface area (Å²) in [5, 5.41) is 6.28. The largest absolute Gasteiger partial charge is 0.355 e. The highest BCUT2D eigenvalue weighted by atomic mass is 32.1. The monoisotopic (exact) mass is 310 g/mol. The second-order valence-corrected chi connectivity index (χ2v) is 6.58. The van der Waals surface area contributed by atoms with E-state index in [1.165, 1.54) is 5.01 Å². The number of piperidine rings is 1. The Balaban J connectivity index is 1.84. The van der Waals surface area contributed by atoms with Gasteiger partial charge in [-0.3, -0.25) is 9.69 Å². The third-order valence-electron chi connectivity index (χ3n) is 3.77. The fourth-order valence-electron chi connectivity index (χ4n) is 2.73. The maximum absolute atomic E-state index is 12.0. The van der Waals surface area contributed by atoms with Crippen LogP contribution in [0.15, 0.2) is 5.38 Å². The minimum Gasteiger partial charge on any atom is -0.355 e. The number of nitrogens with two attached hydrogens (primary N) is 1. The first-order valence-electron chi connectivity index (χ1n) is 7.86. The van der Waals surface area contributed by atoms with Crippen LogP contribution < -0.4 is 11.1 Å². The van der Waals surface area contributed by atoms with E-state index in [1.54, 1.807) is 11.3 Å². The third-order valence-corrected chi connectivity index (χ3v) is 4.73. The molecule has 2 rings (SSSR count). The van der Waals surface area contributed by atoms with Crippen LogP contribution in [0.3, 0.4) is 0 Å². The average molecular weight is 310 g/mol. The van der Waals surface area contributed by atoms with Gasteiger partial charge in [0.2, 0.25) is 5.91 Å². The Morgan fingerprint density at radius 2 is 2.48 bits per heavy atom. The van der Waals surface area contributed by atoms with E-state index in [2.05, 4.69) is 27.5 Å². The quantitative estimate of drug-likeness (QED) is 0.798. The summed E-state index contributed by atoms with van der Waals surface area (Å²) in [5.41, 5.74) is 6.58. The van der Waals surface area contributed by atoms with Gasteiger partial charge in [0, 0.05) is 31.6 Å². The number of amides is 1. The summed E-state index contributed by atoms with van der Waals surface area (Å²) in [5.74, 6) is 0.245. The Morgan fingerprint density at radius 1 is 1.62 bits per heavy atom. The van der Waals surface area contributed by atoms with Crippen molar-refractivity contribution >= 4 is 17.2 Å². The average Bonchev–Trinajstić information content (AvgIpc) is 2.92. The van der Waals surface area contributed by atoms with Gasteiger partial charge in [0.05, 0.1) is 16.6 Å². The van der Waals surface area contributed by atoms with Crippen molar-refractivity contribution in [1.82, 2.24) is 15.2 Å². The summed E-state index contributed by atoms with van der Waals surface area (Å²) in [6.07, 6.45) is 4.26. The first kappa shape index (κ1) is 16.4. The molecule has 1 aliphatic heterocycles. The standard InChI is InChI=1S/C15H26N4OS/c1-2-4-14-18-13(11-21-14)10-19-8-3-5-12(9-19)15(20)17-7-6-16/h11-12H,2-10,16H2,1H3,(H,17,20). The SMILES string of the molecule is CCCc1nc(CN2CCCC(C(=O)NCCN)C2)cs1. The third kappa shape index (κ3) is 5.05. The molecule has 0 bridgehead atoms. The van der Waals surface area contributed by atoms with E-state index in [-0.39, 0.29) is 11.8 Å². The van der Waals surface area contributed by atoms with Crippen LogP contribution in [0, 0.1) is 5.92 Å². The molecule has 1 aromatic rings. The van der Waals surface area contributed by atoms with Crippen LogP contribution in [0.4, 0.5) is 0 Å². The Kier molecular flexibility index (Phi) is 6.60. The Hall–Kier alpha value is -0.980. The van der Waals surface area contributed by atoms with Gasteiger partial charge >= 0.3 is 0 Å². The van der Waals surface area contributed by atoms with E-state index < -0.39 is 0 Å². The number of aromatic nitrogens is 1. The fraction of sp³-hybridized carbons (Fsp3) is 0.733. The van der Waals surface area contributed by atoms with E-state index >= 15 is 0 Å². The number of hydrogen-bond donors (Lipinski definition) is 2. The molecule has 0 aromatic carbocycles. The van der Waals surface area contributed by atoms with Gasteiger partial charge in [-0.1, -0.05) is 6.92 Å². The van der Waals surface area contributed by atoms with E-state index in [4.69, 9.17) is 5.73 Å². The number of likely N-dealkylation sites (tertiary alicyclic amines) is 1. The minimum absolute atomic E-state index is 0.0963. The second-order valence-electron chi connectivity index (χ2n) is 5.64. The topological polar surface area (TPSA) is 71.2 Å². The van der Waals surface area contributed by atoms with E-state index in [0.29, 0.717) is 13.1 Å². The molecule has 1 atom stereocenters. The molecule has 118 valence electrons. The van der Waals surface area contributed by atoms with Crippen molar-refractivity contribution in [2.75, 3.05) is 26.2 Å². The van der Waals surface area contributed by atoms with Crippen molar-refractivity contribution < 1.29 is 4.79 Å². The summed E-state index contributed by atoms with van der Waals surface area (Å²) >= 11 is 1.75. The van der Waals surface area contributed by atoms with Crippen molar-refractivity contribution in [2.24, 2.45) is 11.7 Å². The van der Waals surface area contributed by atoms with Gasteiger partial charge in [-0.15, -0.1) is 11.3 Å². The number of carbonyl (C=O) groups is 1. The predicted molar refractivity (Wildman–Crippen MR) is 86.2 cm³/mol. The van der Waals surface area contributed by atoms with Gasteiger partial charge in [0.25, 0.3) is 0 Å². The zero-order valence-corrected chi connectivity index (χ0v) is 13.6. The first-order valence-corrected chi connectivity index (χ1v) is 8.74. The van der Waals surface area contributed by atoms with E-state index in [0.717, 1.165) is 51.0 Å². The first-order chi connectivity index (χ1) is 10.2. The number of carbonyl (C=O) groups excluding carboxylic acids is 1. The Bertz CT molecular complexity index is 449.